The summed E-state index contributed by atoms with van der Waals surface area (Å²) in [6.45, 7) is 1.84. The van der Waals surface area contributed by atoms with Crippen molar-refractivity contribution < 1.29 is 4.39 Å². The maximum absolute atomic E-state index is 15.7. The molecule has 0 atom stereocenters. The van der Waals surface area contributed by atoms with E-state index < -0.39 is 0 Å². The average Bonchev–Trinajstić information content (AvgIpc) is 3.26. The Morgan fingerprint density at radius 2 is 1.77 bits per heavy atom. The van der Waals surface area contributed by atoms with Gasteiger partial charge in [0.05, 0.1) is 16.6 Å². The van der Waals surface area contributed by atoms with Gasteiger partial charge in [0.2, 0.25) is 5.95 Å². The molecule has 0 unspecified atom stereocenters. The van der Waals surface area contributed by atoms with Crippen molar-refractivity contribution in [1.82, 2.24) is 19.9 Å². The normalized spacial score (nSPS) is 24.9. The molecule has 2 saturated carbocycles. The van der Waals surface area contributed by atoms with Crippen molar-refractivity contribution >= 4 is 27.9 Å². The molecule has 6 rings (SSSR count). The summed E-state index contributed by atoms with van der Waals surface area (Å²) in [5, 5.41) is 4.81. The van der Waals surface area contributed by atoms with Crippen LogP contribution in [-0.2, 0) is 0 Å². The number of fused-ring (bicyclic) bond motifs is 4. The first kappa shape index (κ1) is 18.6. The fourth-order valence-electron chi connectivity index (χ4n) is 5.50. The van der Waals surface area contributed by atoms with Crippen LogP contribution in [0.1, 0.15) is 37.8 Å². The van der Waals surface area contributed by atoms with Crippen molar-refractivity contribution in [3.05, 3.63) is 54.2 Å². The molecular weight excluding hydrogens is 391 g/mol. The Labute approximate surface area is 179 Å². The standard InChI is InChI=1S/C24H23FN6/c1-14-19-18(30-22(29-14)31-24-9-7-23(26,13-24)8-10-24)5-4-16(20(19)25)15-6-12-28-21-17(15)3-2-11-27-21/h2-6,11-12H,7-10,13,26H2,1H3,(H,29,30,31). The first-order valence-electron chi connectivity index (χ1n) is 10.7. The van der Waals surface area contributed by atoms with Gasteiger partial charge in [-0.25, -0.2) is 24.3 Å². The first-order valence-corrected chi connectivity index (χ1v) is 10.7. The maximum atomic E-state index is 15.7. The monoisotopic (exact) mass is 414 g/mol. The van der Waals surface area contributed by atoms with Gasteiger partial charge in [-0.05, 0) is 74.9 Å². The minimum Gasteiger partial charge on any atom is -0.349 e. The van der Waals surface area contributed by atoms with Gasteiger partial charge in [-0.1, -0.05) is 0 Å². The maximum Gasteiger partial charge on any atom is 0.223 e. The van der Waals surface area contributed by atoms with Gasteiger partial charge in [0.1, 0.15) is 5.82 Å². The molecule has 2 aliphatic rings. The lowest BCUT2D eigenvalue weighted by atomic mass is 9.92. The van der Waals surface area contributed by atoms with Crippen LogP contribution in [0.2, 0.25) is 0 Å². The van der Waals surface area contributed by atoms with Gasteiger partial charge in [0.15, 0.2) is 5.65 Å². The molecule has 31 heavy (non-hydrogen) atoms. The molecule has 3 N–H and O–H groups in total. The van der Waals surface area contributed by atoms with Crippen LogP contribution in [0.15, 0.2) is 42.7 Å². The number of hydrogen-bond acceptors (Lipinski definition) is 6. The Kier molecular flexibility index (Phi) is 3.84. The van der Waals surface area contributed by atoms with Gasteiger partial charge in [-0.2, -0.15) is 0 Å². The number of nitrogens with zero attached hydrogens (tertiary/aromatic N) is 4. The molecule has 0 saturated heterocycles. The molecule has 2 fully saturated rings. The Balaban J connectivity index is 1.44. The number of rotatable bonds is 3. The van der Waals surface area contributed by atoms with Crippen LogP contribution in [0.3, 0.4) is 0 Å². The van der Waals surface area contributed by atoms with Gasteiger partial charge < -0.3 is 11.1 Å². The van der Waals surface area contributed by atoms with Gasteiger partial charge in [-0.3, -0.25) is 0 Å². The Bertz CT molecular complexity index is 1340. The third-order valence-electron chi connectivity index (χ3n) is 7.06. The highest BCUT2D eigenvalue weighted by Gasteiger charge is 2.52. The Morgan fingerprint density at radius 1 is 0.968 bits per heavy atom. The number of benzene rings is 1. The number of anilines is 1. The van der Waals surface area contributed by atoms with Crippen molar-refractivity contribution in [2.24, 2.45) is 5.73 Å². The lowest BCUT2D eigenvalue weighted by Crippen LogP contribution is -2.34. The zero-order valence-corrected chi connectivity index (χ0v) is 17.3. The number of aromatic nitrogens is 4. The van der Waals surface area contributed by atoms with E-state index in [-0.39, 0.29) is 16.9 Å². The predicted octanol–water partition coefficient (Wildman–Crippen LogP) is 4.51. The van der Waals surface area contributed by atoms with E-state index in [9.17, 15) is 0 Å². The van der Waals surface area contributed by atoms with Crippen molar-refractivity contribution in [2.75, 3.05) is 5.32 Å². The van der Waals surface area contributed by atoms with Crippen molar-refractivity contribution in [3.8, 4) is 11.1 Å². The van der Waals surface area contributed by atoms with Crippen molar-refractivity contribution in [1.29, 1.82) is 0 Å². The first-order chi connectivity index (χ1) is 15.0. The summed E-state index contributed by atoms with van der Waals surface area (Å²) < 4.78 is 15.7. The third-order valence-corrected chi connectivity index (χ3v) is 7.06. The second-order valence-electron chi connectivity index (χ2n) is 9.13. The smallest absolute Gasteiger partial charge is 0.223 e. The summed E-state index contributed by atoms with van der Waals surface area (Å²) in [5.41, 5.74) is 9.43. The van der Waals surface area contributed by atoms with Crippen LogP contribution < -0.4 is 11.1 Å². The molecule has 2 aliphatic carbocycles. The van der Waals surface area contributed by atoms with E-state index in [1.165, 1.54) is 0 Å². The van der Waals surface area contributed by atoms with Crippen LogP contribution in [0.4, 0.5) is 10.3 Å². The summed E-state index contributed by atoms with van der Waals surface area (Å²) >= 11 is 0. The quantitative estimate of drug-likeness (QED) is 0.513. The van der Waals surface area contributed by atoms with Crippen LogP contribution in [-0.4, -0.2) is 31.0 Å². The molecule has 4 aromatic rings. The van der Waals surface area contributed by atoms with E-state index in [2.05, 4.69) is 25.3 Å². The van der Waals surface area contributed by atoms with E-state index >= 15 is 4.39 Å². The van der Waals surface area contributed by atoms with E-state index in [1.807, 2.05) is 31.2 Å². The van der Waals surface area contributed by atoms with Crippen LogP contribution in [0.5, 0.6) is 0 Å². The van der Waals surface area contributed by atoms with E-state index in [0.29, 0.717) is 33.8 Å². The third kappa shape index (κ3) is 2.87. The van der Waals surface area contributed by atoms with Crippen LogP contribution >= 0.6 is 0 Å². The number of aryl methyl sites for hydroxylation is 1. The lowest BCUT2D eigenvalue weighted by molar-refractivity contribution is 0.407. The average molecular weight is 414 g/mol. The van der Waals surface area contributed by atoms with E-state index in [0.717, 1.165) is 43.1 Å². The second kappa shape index (κ2) is 6.40. The van der Waals surface area contributed by atoms with Crippen LogP contribution in [0.25, 0.3) is 33.1 Å². The van der Waals surface area contributed by atoms with Crippen molar-refractivity contribution in [3.63, 3.8) is 0 Å². The van der Waals surface area contributed by atoms with E-state index in [1.54, 1.807) is 18.5 Å². The van der Waals surface area contributed by atoms with E-state index in [4.69, 9.17) is 5.73 Å². The zero-order valence-electron chi connectivity index (χ0n) is 17.3. The highest BCUT2D eigenvalue weighted by Crippen LogP contribution is 2.50. The van der Waals surface area contributed by atoms with Gasteiger partial charge in [0.25, 0.3) is 0 Å². The second-order valence-corrected chi connectivity index (χ2v) is 9.13. The van der Waals surface area contributed by atoms with Gasteiger partial charge >= 0.3 is 0 Å². The molecule has 7 heteroatoms. The Hall–Kier alpha value is -3.19. The molecule has 6 nitrogen and oxygen atoms in total. The summed E-state index contributed by atoms with van der Waals surface area (Å²) in [4.78, 5) is 17.9. The number of hydrogen-bond donors (Lipinski definition) is 2. The highest BCUT2D eigenvalue weighted by molar-refractivity contribution is 5.96. The molecule has 156 valence electrons. The molecule has 3 aromatic heterocycles. The number of nitrogens with one attached hydrogen (secondary N) is 1. The fourth-order valence-corrected chi connectivity index (χ4v) is 5.50. The molecule has 0 spiro atoms. The zero-order chi connectivity index (χ0) is 21.2. The number of halogens is 1. The molecule has 0 amide bonds. The minimum absolute atomic E-state index is 0.0314. The minimum atomic E-state index is -0.321. The molecule has 1 aromatic carbocycles. The number of pyridine rings is 2. The molecule has 0 aliphatic heterocycles. The molecule has 2 bridgehead atoms. The molecule has 3 heterocycles. The SMILES string of the molecule is Cc1nc(NC23CCC(N)(CC2)C3)nc2ccc(-c3ccnc4ncccc34)c(F)c12. The summed E-state index contributed by atoms with van der Waals surface area (Å²) in [6, 6.07) is 9.21. The molecule has 0 radical (unpaired) electrons. The predicted molar refractivity (Wildman–Crippen MR) is 119 cm³/mol. The lowest BCUT2D eigenvalue weighted by Gasteiger charge is -2.28. The number of nitrogens with two attached hydrogens (primary N) is 1. The largest absolute Gasteiger partial charge is 0.349 e. The van der Waals surface area contributed by atoms with Crippen LogP contribution in [0, 0.1) is 12.7 Å². The fraction of sp³-hybridized carbons (Fsp3) is 0.333. The summed E-state index contributed by atoms with van der Waals surface area (Å²) in [7, 11) is 0. The Morgan fingerprint density at radius 3 is 2.55 bits per heavy atom. The van der Waals surface area contributed by atoms with Gasteiger partial charge in [0, 0.05) is 34.4 Å². The summed E-state index contributed by atoms with van der Waals surface area (Å²) in [5.74, 6) is 0.237. The molecular formula is C24H23FN6. The highest BCUT2D eigenvalue weighted by atomic mass is 19.1. The van der Waals surface area contributed by atoms with Crippen molar-refractivity contribution in [2.45, 2.75) is 50.1 Å². The topological polar surface area (TPSA) is 89.6 Å². The van der Waals surface area contributed by atoms with Gasteiger partial charge in [-0.15, -0.1) is 0 Å². The summed E-state index contributed by atoms with van der Waals surface area (Å²) in [6.07, 6.45) is 8.40.